The maximum absolute atomic E-state index is 11.6. The van der Waals surface area contributed by atoms with Gasteiger partial charge in [0.15, 0.2) is 0 Å². The number of rotatable bonds is 5. The molecule has 1 aromatic rings. The molecule has 0 spiro atoms. The Labute approximate surface area is 118 Å². The second-order valence-electron chi connectivity index (χ2n) is 5.42. The first kappa shape index (κ1) is 16.0. The Morgan fingerprint density at radius 1 is 1.05 bits per heavy atom. The molecule has 0 heterocycles. The van der Waals surface area contributed by atoms with Gasteiger partial charge in [-0.05, 0) is 45.0 Å². The van der Waals surface area contributed by atoms with Gasteiger partial charge in [-0.2, -0.15) is 0 Å². The van der Waals surface area contributed by atoms with Crippen molar-refractivity contribution in [1.82, 2.24) is 0 Å². The first-order chi connectivity index (χ1) is 9.30. The summed E-state index contributed by atoms with van der Waals surface area (Å²) in [7, 11) is 0. The minimum absolute atomic E-state index is 0.0932. The summed E-state index contributed by atoms with van der Waals surface area (Å²) in [6.45, 7) is 5.73. The van der Waals surface area contributed by atoms with Crippen molar-refractivity contribution in [3.8, 4) is 5.75 Å². The molecule has 110 valence electrons. The monoisotopic (exact) mass is 280 g/mol. The zero-order chi connectivity index (χ0) is 15.2. The lowest BCUT2D eigenvalue weighted by Gasteiger charge is -2.16. The Hall–Kier alpha value is -2.04. The van der Waals surface area contributed by atoms with E-state index in [2.05, 4.69) is 0 Å². The van der Waals surface area contributed by atoms with Gasteiger partial charge in [0.2, 0.25) is 0 Å². The highest BCUT2D eigenvalue weighted by Gasteiger charge is 2.22. The van der Waals surface area contributed by atoms with E-state index < -0.39 is 11.4 Å². The topological polar surface area (TPSA) is 72.8 Å². The molecule has 0 amide bonds. The van der Waals surface area contributed by atoms with Crippen molar-refractivity contribution in [3.05, 3.63) is 29.8 Å². The van der Waals surface area contributed by atoms with Crippen LogP contribution in [-0.4, -0.2) is 30.3 Å². The molecule has 0 bridgehead atoms. The summed E-state index contributed by atoms with van der Waals surface area (Å²) in [6, 6.07) is 5.80. The lowest BCUT2D eigenvalue weighted by Crippen LogP contribution is -2.23. The maximum atomic E-state index is 11.6. The van der Waals surface area contributed by atoms with Crippen LogP contribution in [0.3, 0.4) is 0 Å². The predicted molar refractivity (Wildman–Crippen MR) is 73.4 cm³/mol. The van der Waals surface area contributed by atoms with Gasteiger partial charge in [-0.15, -0.1) is 0 Å². The summed E-state index contributed by atoms with van der Waals surface area (Å²) in [5.74, 6) is -0.648. The van der Waals surface area contributed by atoms with Crippen LogP contribution in [0, 0.1) is 5.41 Å². The number of ether oxygens (including phenoxy) is 2. The molecule has 0 aliphatic heterocycles. The number of phenols is 1. The molecular formula is C15H20O5. The Morgan fingerprint density at radius 2 is 1.60 bits per heavy atom. The fraction of sp³-hybridized carbons (Fsp3) is 0.467. The van der Waals surface area contributed by atoms with Crippen molar-refractivity contribution < 1.29 is 24.2 Å². The van der Waals surface area contributed by atoms with Gasteiger partial charge in [0.1, 0.15) is 5.75 Å². The molecule has 0 fully saturated rings. The largest absolute Gasteiger partial charge is 0.508 e. The second-order valence-corrected chi connectivity index (χ2v) is 5.42. The molecule has 1 N–H and O–H groups in total. The highest BCUT2D eigenvalue weighted by Crippen LogP contribution is 2.15. The molecule has 0 saturated heterocycles. The quantitative estimate of drug-likeness (QED) is 0.662. The summed E-state index contributed by atoms with van der Waals surface area (Å²) < 4.78 is 10.1. The van der Waals surface area contributed by atoms with Crippen LogP contribution >= 0.6 is 0 Å². The fourth-order valence-corrected chi connectivity index (χ4v) is 1.29. The molecular weight excluding hydrogens is 260 g/mol. The van der Waals surface area contributed by atoms with Gasteiger partial charge >= 0.3 is 11.9 Å². The molecule has 5 nitrogen and oxygen atoms in total. The summed E-state index contributed by atoms with van der Waals surface area (Å²) in [4.78, 5) is 23.1. The zero-order valence-corrected chi connectivity index (χ0v) is 12.0. The van der Waals surface area contributed by atoms with Gasteiger partial charge in [0, 0.05) is 6.42 Å². The molecule has 1 rings (SSSR count). The van der Waals surface area contributed by atoms with Crippen LogP contribution in [0.1, 0.15) is 37.6 Å². The number of aromatic hydroxyl groups is 1. The number of carbonyl (C=O) groups excluding carboxylic acids is 2. The number of hydrogen-bond acceptors (Lipinski definition) is 5. The summed E-state index contributed by atoms with van der Waals surface area (Å²) in [6.07, 6.45) is 0.450. The Kier molecular flexibility index (Phi) is 5.55. The van der Waals surface area contributed by atoms with Crippen LogP contribution in [0.5, 0.6) is 5.75 Å². The standard InChI is InChI=1S/C15H20O5/c1-15(2,3)14(18)20-10-4-9-19-13(17)11-5-7-12(16)8-6-11/h5-8,16H,4,9-10H2,1-3H3. The summed E-state index contributed by atoms with van der Waals surface area (Å²) in [5, 5.41) is 9.10. The van der Waals surface area contributed by atoms with E-state index in [1.165, 1.54) is 24.3 Å². The van der Waals surface area contributed by atoms with E-state index in [1.54, 1.807) is 20.8 Å². The second kappa shape index (κ2) is 6.93. The molecule has 0 aliphatic rings. The van der Waals surface area contributed by atoms with Crippen molar-refractivity contribution in [3.63, 3.8) is 0 Å². The average Bonchev–Trinajstić information content (AvgIpc) is 2.37. The first-order valence-electron chi connectivity index (χ1n) is 6.44. The molecule has 0 atom stereocenters. The van der Waals surface area contributed by atoms with Gasteiger partial charge < -0.3 is 14.6 Å². The minimum Gasteiger partial charge on any atom is -0.508 e. The number of benzene rings is 1. The van der Waals surface area contributed by atoms with E-state index in [0.29, 0.717) is 12.0 Å². The van der Waals surface area contributed by atoms with Gasteiger partial charge in [0.25, 0.3) is 0 Å². The lowest BCUT2D eigenvalue weighted by molar-refractivity contribution is -0.153. The lowest BCUT2D eigenvalue weighted by atomic mass is 9.97. The SMILES string of the molecule is CC(C)(C)C(=O)OCCCOC(=O)c1ccc(O)cc1. The van der Waals surface area contributed by atoms with Crippen LogP contribution in [0.15, 0.2) is 24.3 Å². The van der Waals surface area contributed by atoms with Crippen molar-refractivity contribution in [2.24, 2.45) is 5.41 Å². The van der Waals surface area contributed by atoms with Crippen molar-refractivity contribution in [2.75, 3.05) is 13.2 Å². The van der Waals surface area contributed by atoms with E-state index >= 15 is 0 Å². The highest BCUT2D eigenvalue weighted by molar-refractivity contribution is 5.89. The Morgan fingerprint density at radius 3 is 2.15 bits per heavy atom. The van der Waals surface area contributed by atoms with E-state index in [4.69, 9.17) is 14.6 Å². The van der Waals surface area contributed by atoms with E-state index in [1.807, 2.05) is 0 Å². The highest BCUT2D eigenvalue weighted by atomic mass is 16.5. The molecule has 0 radical (unpaired) electrons. The number of esters is 2. The third-order valence-electron chi connectivity index (χ3n) is 2.47. The van der Waals surface area contributed by atoms with E-state index in [-0.39, 0.29) is 24.9 Å². The van der Waals surface area contributed by atoms with Crippen molar-refractivity contribution in [1.29, 1.82) is 0 Å². The third kappa shape index (κ3) is 5.30. The van der Waals surface area contributed by atoms with Gasteiger partial charge in [0.05, 0.1) is 24.2 Å². The smallest absolute Gasteiger partial charge is 0.338 e. The maximum Gasteiger partial charge on any atom is 0.338 e. The van der Waals surface area contributed by atoms with Crippen molar-refractivity contribution in [2.45, 2.75) is 27.2 Å². The van der Waals surface area contributed by atoms with Crippen molar-refractivity contribution >= 4 is 11.9 Å². The first-order valence-corrected chi connectivity index (χ1v) is 6.44. The van der Waals surface area contributed by atoms with Crippen LogP contribution in [0.25, 0.3) is 0 Å². The van der Waals surface area contributed by atoms with E-state index in [9.17, 15) is 9.59 Å². The number of phenolic OH excluding ortho intramolecular Hbond substituents is 1. The average molecular weight is 280 g/mol. The van der Waals surface area contributed by atoms with Crippen LogP contribution < -0.4 is 0 Å². The van der Waals surface area contributed by atoms with Crippen LogP contribution in [0.2, 0.25) is 0 Å². The molecule has 20 heavy (non-hydrogen) atoms. The molecule has 1 aromatic carbocycles. The van der Waals surface area contributed by atoms with E-state index in [0.717, 1.165) is 0 Å². The number of hydrogen-bond donors (Lipinski definition) is 1. The zero-order valence-electron chi connectivity index (χ0n) is 12.0. The summed E-state index contributed by atoms with van der Waals surface area (Å²) in [5.41, 5.74) is -0.155. The minimum atomic E-state index is -0.525. The fourth-order valence-electron chi connectivity index (χ4n) is 1.29. The molecule has 0 unspecified atom stereocenters. The Balaban J connectivity index is 2.23. The van der Waals surface area contributed by atoms with Crippen LogP contribution in [-0.2, 0) is 14.3 Å². The van der Waals surface area contributed by atoms with Gasteiger partial charge in [-0.1, -0.05) is 0 Å². The van der Waals surface area contributed by atoms with Crippen LogP contribution in [0.4, 0.5) is 0 Å². The molecule has 0 saturated carbocycles. The molecule has 0 aliphatic carbocycles. The Bertz CT molecular complexity index is 456. The third-order valence-corrected chi connectivity index (χ3v) is 2.47. The predicted octanol–water partition coefficient (Wildman–Crippen LogP) is 2.53. The normalized spacial score (nSPS) is 10.9. The van der Waals surface area contributed by atoms with Gasteiger partial charge in [-0.3, -0.25) is 4.79 Å². The molecule has 5 heteroatoms. The summed E-state index contributed by atoms with van der Waals surface area (Å²) >= 11 is 0. The molecule has 0 aromatic heterocycles. The van der Waals surface area contributed by atoms with Gasteiger partial charge in [-0.25, -0.2) is 4.79 Å². The number of carbonyl (C=O) groups is 2.